The number of likely N-dealkylation sites (tertiary alicyclic amines) is 1. The van der Waals surface area contributed by atoms with Gasteiger partial charge in [0.25, 0.3) is 0 Å². The van der Waals surface area contributed by atoms with Gasteiger partial charge in [0.1, 0.15) is 12.3 Å². The summed E-state index contributed by atoms with van der Waals surface area (Å²) < 4.78 is 5.80. The molecule has 1 aromatic rings. The second kappa shape index (κ2) is 9.22. The van der Waals surface area contributed by atoms with E-state index >= 15 is 0 Å². The summed E-state index contributed by atoms with van der Waals surface area (Å²) in [5, 5.41) is 6.70. The van der Waals surface area contributed by atoms with E-state index < -0.39 is 0 Å². The summed E-state index contributed by atoms with van der Waals surface area (Å²) in [6.45, 7) is 16.5. The van der Waals surface area contributed by atoms with Crippen molar-refractivity contribution in [3.8, 4) is 0 Å². The van der Waals surface area contributed by atoms with Crippen molar-refractivity contribution in [2.24, 2.45) is 10.9 Å². The van der Waals surface area contributed by atoms with Gasteiger partial charge in [-0.05, 0) is 38.8 Å². The highest BCUT2D eigenvalue weighted by Crippen LogP contribution is 2.22. The highest BCUT2D eigenvalue weighted by molar-refractivity contribution is 5.79. The molecule has 2 rings (SSSR count). The molecule has 6 heteroatoms. The predicted molar refractivity (Wildman–Crippen MR) is 103 cm³/mol. The third kappa shape index (κ3) is 6.69. The Hall–Kier alpha value is -1.56. The van der Waals surface area contributed by atoms with Gasteiger partial charge in [0.05, 0.1) is 6.20 Å². The Labute approximate surface area is 152 Å². The molecular weight excluding hydrogens is 314 g/mol. The summed E-state index contributed by atoms with van der Waals surface area (Å²) in [4.78, 5) is 11.5. The molecule has 0 bridgehead atoms. The molecule has 6 nitrogen and oxygen atoms in total. The molecule has 2 N–H and O–H groups in total. The maximum atomic E-state index is 5.80. The van der Waals surface area contributed by atoms with Crippen LogP contribution in [-0.4, -0.2) is 48.6 Å². The number of oxazole rings is 1. The Kier molecular flexibility index (Phi) is 7.29. The van der Waals surface area contributed by atoms with Gasteiger partial charge in [-0.25, -0.2) is 9.98 Å². The van der Waals surface area contributed by atoms with E-state index in [0.29, 0.717) is 12.4 Å². The standard InChI is InChI=1S/C19H35N5O/c1-6-20-18(21-9-12-24-10-7-15(2)8-11-24)23-14-17-22-13-16(25-17)19(3,4)5/h13,15H,6-12,14H2,1-5H3,(H2,20,21,23). The molecule has 1 saturated heterocycles. The van der Waals surface area contributed by atoms with E-state index in [1.165, 1.54) is 25.9 Å². The molecule has 142 valence electrons. The molecule has 2 heterocycles. The predicted octanol–water partition coefficient (Wildman–Crippen LogP) is 2.76. The maximum absolute atomic E-state index is 5.80. The van der Waals surface area contributed by atoms with E-state index in [0.717, 1.165) is 37.3 Å². The molecular formula is C19H35N5O. The lowest BCUT2D eigenvalue weighted by Gasteiger charge is -2.30. The van der Waals surface area contributed by atoms with Crippen molar-refractivity contribution in [1.29, 1.82) is 0 Å². The fourth-order valence-electron chi connectivity index (χ4n) is 2.84. The van der Waals surface area contributed by atoms with Crippen LogP contribution in [0.15, 0.2) is 15.6 Å². The minimum absolute atomic E-state index is 0.0242. The Morgan fingerprint density at radius 2 is 2.04 bits per heavy atom. The van der Waals surface area contributed by atoms with Crippen molar-refractivity contribution in [3.63, 3.8) is 0 Å². The number of aromatic nitrogens is 1. The third-order valence-corrected chi connectivity index (χ3v) is 4.61. The number of piperidine rings is 1. The molecule has 1 aliphatic rings. The normalized spacial score (nSPS) is 17.7. The quantitative estimate of drug-likeness (QED) is 0.611. The zero-order valence-electron chi connectivity index (χ0n) is 16.6. The number of hydrogen-bond donors (Lipinski definition) is 2. The van der Waals surface area contributed by atoms with E-state index in [9.17, 15) is 0 Å². The minimum atomic E-state index is -0.0242. The van der Waals surface area contributed by atoms with Crippen LogP contribution >= 0.6 is 0 Å². The van der Waals surface area contributed by atoms with Gasteiger partial charge < -0.3 is 20.0 Å². The van der Waals surface area contributed by atoms with E-state index in [4.69, 9.17) is 4.42 Å². The second-order valence-corrected chi connectivity index (χ2v) is 8.01. The fraction of sp³-hybridized carbons (Fsp3) is 0.789. The fourth-order valence-corrected chi connectivity index (χ4v) is 2.84. The molecule has 1 aromatic heterocycles. The Morgan fingerprint density at radius 1 is 1.32 bits per heavy atom. The van der Waals surface area contributed by atoms with Gasteiger partial charge in [-0.15, -0.1) is 0 Å². The van der Waals surface area contributed by atoms with Gasteiger partial charge in [0, 0.05) is 25.0 Å². The van der Waals surface area contributed by atoms with E-state index in [1.54, 1.807) is 0 Å². The number of rotatable bonds is 6. The molecule has 0 radical (unpaired) electrons. The number of guanidine groups is 1. The number of nitrogens with one attached hydrogen (secondary N) is 2. The molecule has 0 spiro atoms. The van der Waals surface area contributed by atoms with Crippen molar-refractivity contribution in [1.82, 2.24) is 20.5 Å². The third-order valence-electron chi connectivity index (χ3n) is 4.61. The summed E-state index contributed by atoms with van der Waals surface area (Å²) in [5.74, 6) is 3.26. The molecule has 25 heavy (non-hydrogen) atoms. The number of aliphatic imine (C=N–C) groups is 1. The Balaban J connectivity index is 1.80. The molecule has 1 fully saturated rings. The summed E-state index contributed by atoms with van der Waals surface area (Å²) in [6.07, 6.45) is 4.44. The topological polar surface area (TPSA) is 65.7 Å². The van der Waals surface area contributed by atoms with Crippen molar-refractivity contribution >= 4 is 5.96 Å². The first-order valence-electron chi connectivity index (χ1n) is 9.58. The summed E-state index contributed by atoms with van der Waals surface area (Å²) in [7, 11) is 0. The lowest BCUT2D eigenvalue weighted by atomic mass is 9.94. The van der Waals surface area contributed by atoms with Crippen LogP contribution in [0.2, 0.25) is 0 Å². The summed E-state index contributed by atoms with van der Waals surface area (Å²) in [5.41, 5.74) is -0.0242. The second-order valence-electron chi connectivity index (χ2n) is 8.01. The lowest BCUT2D eigenvalue weighted by molar-refractivity contribution is 0.195. The Bertz CT molecular complexity index is 538. The van der Waals surface area contributed by atoms with Gasteiger partial charge in [0.2, 0.25) is 5.89 Å². The van der Waals surface area contributed by atoms with E-state index in [2.05, 4.69) is 60.1 Å². The molecule has 1 aliphatic heterocycles. The van der Waals surface area contributed by atoms with Gasteiger partial charge >= 0.3 is 0 Å². The van der Waals surface area contributed by atoms with E-state index in [1.807, 2.05) is 6.20 Å². The van der Waals surface area contributed by atoms with Crippen molar-refractivity contribution in [2.45, 2.75) is 59.4 Å². The van der Waals surface area contributed by atoms with Crippen LogP contribution in [0.1, 0.15) is 59.1 Å². The van der Waals surface area contributed by atoms with Crippen LogP contribution in [0.5, 0.6) is 0 Å². The molecule has 0 aromatic carbocycles. The van der Waals surface area contributed by atoms with Gasteiger partial charge in [-0.1, -0.05) is 27.7 Å². The van der Waals surface area contributed by atoms with Gasteiger partial charge in [-0.2, -0.15) is 0 Å². The zero-order valence-corrected chi connectivity index (χ0v) is 16.6. The average Bonchev–Trinajstić information content (AvgIpc) is 3.04. The Morgan fingerprint density at radius 3 is 2.64 bits per heavy atom. The zero-order chi connectivity index (χ0) is 18.3. The van der Waals surface area contributed by atoms with Crippen molar-refractivity contribution < 1.29 is 4.42 Å². The largest absolute Gasteiger partial charge is 0.443 e. The van der Waals surface area contributed by atoms with Crippen LogP contribution in [0.4, 0.5) is 0 Å². The van der Waals surface area contributed by atoms with Crippen LogP contribution in [0.3, 0.4) is 0 Å². The summed E-state index contributed by atoms with van der Waals surface area (Å²) >= 11 is 0. The van der Waals surface area contributed by atoms with Gasteiger partial charge in [0.15, 0.2) is 5.96 Å². The molecule has 0 saturated carbocycles. The first-order chi connectivity index (χ1) is 11.9. The van der Waals surface area contributed by atoms with Crippen molar-refractivity contribution in [2.75, 3.05) is 32.7 Å². The smallest absolute Gasteiger partial charge is 0.216 e. The van der Waals surface area contributed by atoms with E-state index in [-0.39, 0.29) is 5.41 Å². The van der Waals surface area contributed by atoms with Crippen LogP contribution in [-0.2, 0) is 12.0 Å². The van der Waals surface area contributed by atoms with Crippen LogP contribution < -0.4 is 10.6 Å². The first kappa shape index (κ1) is 19.8. The molecule has 0 unspecified atom stereocenters. The number of nitrogens with zero attached hydrogens (tertiary/aromatic N) is 3. The average molecular weight is 350 g/mol. The first-order valence-corrected chi connectivity index (χ1v) is 9.58. The highest BCUT2D eigenvalue weighted by atomic mass is 16.4. The van der Waals surface area contributed by atoms with Crippen LogP contribution in [0, 0.1) is 5.92 Å². The van der Waals surface area contributed by atoms with Gasteiger partial charge in [-0.3, -0.25) is 0 Å². The molecule has 0 amide bonds. The molecule has 0 aliphatic carbocycles. The van der Waals surface area contributed by atoms with Crippen LogP contribution in [0.25, 0.3) is 0 Å². The summed E-state index contributed by atoms with van der Waals surface area (Å²) in [6, 6.07) is 0. The SMILES string of the molecule is CCNC(=NCc1ncc(C(C)(C)C)o1)NCCN1CCC(C)CC1. The molecule has 0 atom stereocenters. The monoisotopic (exact) mass is 349 g/mol. The highest BCUT2D eigenvalue weighted by Gasteiger charge is 2.19. The minimum Gasteiger partial charge on any atom is -0.443 e. The maximum Gasteiger partial charge on any atom is 0.216 e. The van der Waals surface area contributed by atoms with Crippen molar-refractivity contribution in [3.05, 3.63) is 17.8 Å². The lowest BCUT2D eigenvalue weighted by Crippen LogP contribution is -2.43. The number of hydrogen-bond acceptors (Lipinski definition) is 4.